The van der Waals surface area contributed by atoms with Crippen molar-refractivity contribution in [3.8, 4) is 5.75 Å². The third-order valence-corrected chi connectivity index (χ3v) is 2.93. The molecule has 2 rings (SSSR count). The average Bonchev–Trinajstić information content (AvgIpc) is 2.26. The summed E-state index contributed by atoms with van der Waals surface area (Å²) in [6.45, 7) is 0. The summed E-state index contributed by atoms with van der Waals surface area (Å²) < 4.78 is 40.3. The van der Waals surface area contributed by atoms with Gasteiger partial charge in [0.05, 0.1) is 0 Å². The first-order valence-electron chi connectivity index (χ1n) is 5.04. The van der Waals surface area contributed by atoms with Crippen LogP contribution in [0.5, 0.6) is 5.75 Å². The van der Waals surface area contributed by atoms with E-state index >= 15 is 0 Å². The second kappa shape index (κ2) is 4.60. The van der Waals surface area contributed by atoms with Gasteiger partial charge in [-0.1, -0.05) is 6.07 Å². The Morgan fingerprint density at radius 3 is 2.71 bits per heavy atom. The fraction of sp³-hybridized carbons (Fsp3) is 0.364. The minimum Gasteiger partial charge on any atom is -0.417 e. The third kappa shape index (κ3) is 3.15. The highest BCUT2D eigenvalue weighted by Gasteiger charge is 2.31. The molecule has 1 aliphatic carbocycles. The monoisotopic (exact) mass is 262 g/mol. The molecule has 0 fully saturated rings. The highest BCUT2D eigenvalue weighted by molar-refractivity contribution is 7.95. The maximum absolute atomic E-state index is 11.9. The molecule has 0 amide bonds. The molecule has 0 heterocycles. The SMILES string of the molecule is O=C1CCCc2ccc(OSC(F)(F)F)cc21. The lowest BCUT2D eigenvalue weighted by molar-refractivity contribution is -0.0369. The maximum atomic E-state index is 11.9. The smallest absolute Gasteiger partial charge is 0.417 e. The molecule has 1 aliphatic rings. The number of fused-ring (bicyclic) bond motifs is 1. The molecule has 0 spiro atoms. The van der Waals surface area contributed by atoms with E-state index in [0.717, 1.165) is 18.4 Å². The summed E-state index contributed by atoms with van der Waals surface area (Å²) >= 11 is -0.573. The number of rotatable bonds is 2. The molecule has 1 aromatic rings. The van der Waals surface area contributed by atoms with Gasteiger partial charge in [-0.15, -0.1) is 0 Å². The van der Waals surface area contributed by atoms with Gasteiger partial charge in [-0.3, -0.25) is 4.79 Å². The van der Waals surface area contributed by atoms with Gasteiger partial charge in [0.2, 0.25) is 0 Å². The van der Waals surface area contributed by atoms with Crippen LogP contribution in [-0.2, 0) is 6.42 Å². The minimum absolute atomic E-state index is 0.0336. The number of Topliss-reactive ketones (excluding diaryl/α,β-unsaturated/α-hetero) is 1. The Bertz CT molecular complexity index is 443. The van der Waals surface area contributed by atoms with E-state index in [4.69, 9.17) is 0 Å². The average molecular weight is 262 g/mol. The number of carbonyl (C=O) groups excluding carboxylic acids is 1. The number of hydrogen-bond acceptors (Lipinski definition) is 3. The fourth-order valence-electron chi connectivity index (χ4n) is 1.75. The molecule has 0 atom stereocenters. The van der Waals surface area contributed by atoms with Gasteiger partial charge >= 0.3 is 5.51 Å². The van der Waals surface area contributed by atoms with E-state index in [1.54, 1.807) is 6.07 Å². The summed E-state index contributed by atoms with van der Waals surface area (Å²) in [5.41, 5.74) is -3.08. The summed E-state index contributed by atoms with van der Waals surface area (Å²) in [6, 6.07) is 4.49. The van der Waals surface area contributed by atoms with Gasteiger partial charge < -0.3 is 4.18 Å². The zero-order valence-electron chi connectivity index (χ0n) is 8.71. The van der Waals surface area contributed by atoms with E-state index in [9.17, 15) is 18.0 Å². The molecule has 0 bridgehead atoms. The zero-order chi connectivity index (χ0) is 12.5. The third-order valence-electron chi connectivity index (χ3n) is 2.46. The van der Waals surface area contributed by atoms with Crippen LogP contribution in [0.4, 0.5) is 13.2 Å². The van der Waals surface area contributed by atoms with Crippen molar-refractivity contribution in [2.45, 2.75) is 24.8 Å². The van der Waals surface area contributed by atoms with Crippen molar-refractivity contribution >= 4 is 17.8 Å². The van der Waals surface area contributed by atoms with E-state index < -0.39 is 17.6 Å². The van der Waals surface area contributed by atoms with Crippen molar-refractivity contribution in [1.82, 2.24) is 0 Å². The summed E-state index contributed by atoms with van der Waals surface area (Å²) in [5, 5.41) is 0. The van der Waals surface area contributed by atoms with Gasteiger partial charge in [0.25, 0.3) is 0 Å². The predicted molar refractivity (Wildman–Crippen MR) is 58.0 cm³/mol. The van der Waals surface area contributed by atoms with Crippen molar-refractivity contribution in [2.75, 3.05) is 0 Å². The number of hydrogen-bond donors (Lipinski definition) is 0. The lowest BCUT2D eigenvalue weighted by atomic mass is 9.91. The van der Waals surface area contributed by atoms with Gasteiger partial charge in [0.15, 0.2) is 17.8 Å². The summed E-state index contributed by atoms with van der Waals surface area (Å²) in [5.74, 6) is 0.0232. The Balaban J connectivity index is 2.15. The van der Waals surface area contributed by atoms with Crippen LogP contribution in [0.1, 0.15) is 28.8 Å². The molecule has 0 aliphatic heterocycles. The maximum Gasteiger partial charge on any atom is 0.479 e. The van der Waals surface area contributed by atoms with Gasteiger partial charge in [0.1, 0.15) is 5.75 Å². The van der Waals surface area contributed by atoms with Gasteiger partial charge in [-0.05, 0) is 30.5 Å². The predicted octanol–water partition coefficient (Wildman–Crippen LogP) is 3.75. The van der Waals surface area contributed by atoms with Gasteiger partial charge in [0, 0.05) is 12.0 Å². The van der Waals surface area contributed by atoms with Gasteiger partial charge in [-0.2, -0.15) is 13.2 Å². The van der Waals surface area contributed by atoms with Crippen molar-refractivity contribution in [3.63, 3.8) is 0 Å². The molecule has 0 aromatic heterocycles. The number of aryl methyl sites for hydroxylation is 1. The Morgan fingerprint density at radius 1 is 1.24 bits per heavy atom. The highest BCUT2D eigenvalue weighted by atomic mass is 32.2. The van der Waals surface area contributed by atoms with Crippen LogP contribution < -0.4 is 4.18 Å². The van der Waals surface area contributed by atoms with Crippen LogP contribution in [0.15, 0.2) is 18.2 Å². The Hall–Kier alpha value is -1.17. The first-order chi connectivity index (χ1) is 7.96. The van der Waals surface area contributed by atoms with Crippen LogP contribution in [0.3, 0.4) is 0 Å². The van der Waals surface area contributed by atoms with E-state index in [0.29, 0.717) is 12.0 Å². The Morgan fingerprint density at radius 2 is 2.00 bits per heavy atom. The molecule has 0 saturated carbocycles. The van der Waals surface area contributed by atoms with E-state index in [2.05, 4.69) is 4.18 Å². The van der Waals surface area contributed by atoms with E-state index in [1.807, 2.05) is 0 Å². The van der Waals surface area contributed by atoms with Crippen molar-refractivity contribution in [1.29, 1.82) is 0 Å². The summed E-state index contributed by atoms with van der Waals surface area (Å²) in [7, 11) is 0. The van der Waals surface area contributed by atoms with Crippen LogP contribution in [0.2, 0.25) is 0 Å². The minimum atomic E-state index is -4.44. The molecule has 0 N–H and O–H groups in total. The molecule has 92 valence electrons. The summed E-state index contributed by atoms with van der Waals surface area (Å²) in [4.78, 5) is 11.6. The van der Waals surface area contributed by atoms with Gasteiger partial charge in [-0.25, -0.2) is 0 Å². The molecule has 1 aromatic carbocycles. The van der Waals surface area contributed by atoms with Crippen molar-refractivity contribution in [3.05, 3.63) is 29.3 Å². The first kappa shape index (κ1) is 12.3. The molecule has 0 saturated heterocycles. The zero-order valence-corrected chi connectivity index (χ0v) is 9.53. The lowest BCUT2D eigenvalue weighted by Gasteiger charge is -2.15. The topological polar surface area (TPSA) is 26.3 Å². The quantitative estimate of drug-likeness (QED) is 0.759. The number of alkyl halides is 3. The number of benzene rings is 1. The number of carbonyl (C=O) groups is 1. The second-order valence-corrected chi connectivity index (χ2v) is 4.50. The second-order valence-electron chi connectivity index (χ2n) is 3.71. The highest BCUT2D eigenvalue weighted by Crippen LogP contribution is 2.34. The molecular formula is C11H9F3O2S. The lowest BCUT2D eigenvalue weighted by Crippen LogP contribution is -2.10. The largest absolute Gasteiger partial charge is 0.479 e. The van der Waals surface area contributed by atoms with E-state index in [-0.39, 0.29) is 11.5 Å². The van der Waals surface area contributed by atoms with Crippen LogP contribution in [0, 0.1) is 0 Å². The van der Waals surface area contributed by atoms with Crippen molar-refractivity contribution < 1.29 is 22.1 Å². The molecular weight excluding hydrogens is 253 g/mol. The molecule has 17 heavy (non-hydrogen) atoms. The molecule has 2 nitrogen and oxygen atoms in total. The number of ketones is 1. The molecule has 6 heteroatoms. The standard InChI is InChI=1S/C11H9F3O2S/c12-11(13,14)17-16-8-5-4-7-2-1-3-10(15)9(7)6-8/h4-6H,1-3H2. The Kier molecular flexibility index (Phi) is 3.33. The Labute approximate surface area is 100 Å². The number of halogens is 3. The summed E-state index contributed by atoms with van der Waals surface area (Å²) in [6.07, 6.45) is 2.03. The first-order valence-corrected chi connectivity index (χ1v) is 5.78. The van der Waals surface area contributed by atoms with E-state index in [1.165, 1.54) is 12.1 Å². The molecule has 0 unspecified atom stereocenters. The van der Waals surface area contributed by atoms with Crippen LogP contribution in [0.25, 0.3) is 0 Å². The van der Waals surface area contributed by atoms with Crippen LogP contribution in [-0.4, -0.2) is 11.3 Å². The fourth-order valence-corrected chi connectivity index (χ4v) is 2.05. The molecule has 0 radical (unpaired) electrons. The van der Waals surface area contributed by atoms with Crippen molar-refractivity contribution in [2.24, 2.45) is 0 Å². The normalized spacial score (nSPS) is 15.6. The van der Waals surface area contributed by atoms with Crippen LogP contribution >= 0.6 is 12.0 Å².